The van der Waals surface area contributed by atoms with Gasteiger partial charge in [0.25, 0.3) is 0 Å². The summed E-state index contributed by atoms with van der Waals surface area (Å²) >= 11 is 0. The van der Waals surface area contributed by atoms with Crippen LogP contribution in [0.5, 0.6) is 0 Å². The number of hydrogen-bond donors (Lipinski definition) is 1. The van der Waals surface area contributed by atoms with E-state index in [1.54, 1.807) is 0 Å². The first-order valence-corrected chi connectivity index (χ1v) is 9.24. The van der Waals surface area contributed by atoms with E-state index in [0.717, 1.165) is 19.3 Å². The second-order valence-electron chi connectivity index (χ2n) is 6.29. The van der Waals surface area contributed by atoms with Crippen LogP contribution < -0.4 is 4.72 Å². The molecule has 5 heteroatoms. The molecule has 2 atom stereocenters. The maximum Gasteiger partial charge on any atom is 0.215 e. The topological polar surface area (TPSA) is 55.4 Å². The van der Waals surface area contributed by atoms with Gasteiger partial charge in [-0.1, -0.05) is 29.8 Å². The van der Waals surface area contributed by atoms with E-state index < -0.39 is 10.0 Å². The highest BCUT2D eigenvalue weighted by Crippen LogP contribution is 2.28. The highest BCUT2D eigenvalue weighted by Gasteiger charge is 2.39. The lowest BCUT2D eigenvalue weighted by Gasteiger charge is -2.31. The summed E-state index contributed by atoms with van der Waals surface area (Å²) in [5.74, 6) is 0.0395. The number of nitrogens with one attached hydrogen (secondary N) is 1. The number of ether oxygens (including phenoxy) is 1. The smallest absolute Gasteiger partial charge is 0.215 e. The lowest BCUT2D eigenvalue weighted by molar-refractivity contribution is 0.0570. The fourth-order valence-electron chi connectivity index (χ4n) is 2.92. The van der Waals surface area contributed by atoms with Crippen molar-refractivity contribution < 1.29 is 13.2 Å². The van der Waals surface area contributed by atoms with Gasteiger partial charge in [-0.15, -0.1) is 0 Å². The van der Waals surface area contributed by atoms with Crippen molar-refractivity contribution in [2.24, 2.45) is 5.92 Å². The predicted octanol–water partition coefficient (Wildman–Crippen LogP) is 2.02. The molecule has 1 aliphatic heterocycles. The van der Waals surface area contributed by atoms with Gasteiger partial charge in [-0.05, 0) is 38.2 Å². The van der Waals surface area contributed by atoms with Crippen molar-refractivity contribution in [1.29, 1.82) is 0 Å². The van der Waals surface area contributed by atoms with Gasteiger partial charge in [-0.3, -0.25) is 0 Å². The maximum absolute atomic E-state index is 12.5. The molecule has 1 N–H and O–H groups in total. The van der Waals surface area contributed by atoms with Gasteiger partial charge in [-0.25, -0.2) is 13.1 Å². The molecular weight excluding hydrogens is 286 g/mol. The van der Waals surface area contributed by atoms with Crippen molar-refractivity contribution in [3.63, 3.8) is 0 Å². The molecule has 1 heterocycles. The third-order valence-electron chi connectivity index (χ3n) is 4.33. The number of rotatable bonds is 5. The molecule has 0 aromatic heterocycles. The first-order chi connectivity index (χ1) is 10.0. The molecule has 116 valence electrons. The Morgan fingerprint density at radius 2 is 1.90 bits per heavy atom. The summed E-state index contributed by atoms with van der Waals surface area (Å²) in [4.78, 5) is 0. The first kappa shape index (κ1) is 15.0. The Hall–Kier alpha value is -0.910. The van der Waals surface area contributed by atoms with Gasteiger partial charge in [0.15, 0.2) is 0 Å². The standard InChI is InChI=1S/C16H23NO3S/c1-12-2-4-13(5-3-12)10-14-11-20-9-8-16(14)21(18,19)17-15-6-7-15/h2-5,14-17H,6-11H2,1H3/t14-,16-/m0/s1. The van der Waals surface area contributed by atoms with E-state index in [1.165, 1.54) is 11.1 Å². The lowest BCUT2D eigenvalue weighted by atomic mass is 9.93. The minimum atomic E-state index is -3.23. The van der Waals surface area contributed by atoms with Crippen LogP contribution in [0.2, 0.25) is 0 Å². The van der Waals surface area contributed by atoms with Crippen LogP contribution in [0.1, 0.15) is 30.4 Å². The first-order valence-electron chi connectivity index (χ1n) is 7.69. The summed E-state index contributed by atoms with van der Waals surface area (Å²) in [6.07, 6.45) is 3.31. The van der Waals surface area contributed by atoms with Crippen molar-refractivity contribution in [3.05, 3.63) is 35.4 Å². The van der Waals surface area contributed by atoms with Crippen LogP contribution in [0.15, 0.2) is 24.3 Å². The van der Waals surface area contributed by atoms with E-state index in [-0.39, 0.29) is 17.2 Å². The third-order valence-corrected chi connectivity index (χ3v) is 6.41. The van der Waals surface area contributed by atoms with Crippen LogP contribution in [0.25, 0.3) is 0 Å². The van der Waals surface area contributed by atoms with Gasteiger partial charge in [-0.2, -0.15) is 0 Å². The fraction of sp³-hybridized carbons (Fsp3) is 0.625. The quantitative estimate of drug-likeness (QED) is 0.905. The van der Waals surface area contributed by atoms with Crippen molar-refractivity contribution >= 4 is 10.0 Å². The lowest BCUT2D eigenvalue weighted by Crippen LogP contribution is -2.45. The number of hydrogen-bond acceptors (Lipinski definition) is 3. The average molecular weight is 309 g/mol. The molecule has 0 unspecified atom stereocenters. The molecule has 4 nitrogen and oxygen atoms in total. The van der Waals surface area contributed by atoms with Crippen molar-refractivity contribution in [3.8, 4) is 0 Å². The summed E-state index contributed by atoms with van der Waals surface area (Å²) in [7, 11) is -3.23. The zero-order chi connectivity index (χ0) is 14.9. The largest absolute Gasteiger partial charge is 0.381 e. The van der Waals surface area contributed by atoms with Crippen LogP contribution >= 0.6 is 0 Å². The molecule has 1 aromatic carbocycles. The van der Waals surface area contributed by atoms with Crippen LogP contribution in [0, 0.1) is 12.8 Å². The Labute approximate surface area is 126 Å². The monoisotopic (exact) mass is 309 g/mol. The van der Waals surface area contributed by atoms with E-state index in [2.05, 4.69) is 35.9 Å². The van der Waals surface area contributed by atoms with Gasteiger partial charge in [0.1, 0.15) is 0 Å². The summed E-state index contributed by atoms with van der Waals surface area (Å²) in [6, 6.07) is 8.50. The second-order valence-corrected chi connectivity index (χ2v) is 8.22. The Bertz CT molecular complexity index is 578. The third kappa shape index (κ3) is 3.84. The average Bonchev–Trinajstić information content (AvgIpc) is 3.25. The summed E-state index contributed by atoms with van der Waals surface area (Å²) in [5.41, 5.74) is 2.40. The number of aryl methyl sites for hydroxylation is 1. The Morgan fingerprint density at radius 3 is 2.57 bits per heavy atom. The highest BCUT2D eigenvalue weighted by molar-refractivity contribution is 7.90. The van der Waals surface area contributed by atoms with E-state index >= 15 is 0 Å². The summed E-state index contributed by atoms with van der Waals surface area (Å²) in [5, 5.41) is -0.326. The van der Waals surface area contributed by atoms with E-state index in [1.807, 2.05) is 0 Å². The van der Waals surface area contributed by atoms with Crippen molar-refractivity contribution in [2.45, 2.75) is 43.9 Å². The van der Waals surface area contributed by atoms with Gasteiger partial charge in [0, 0.05) is 18.6 Å². The second kappa shape index (κ2) is 6.07. The molecule has 2 aliphatic rings. The molecular formula is C16H23NO3S. The zero-order valence-electron chi connectivity index (χ0n) is 12.4. The normalized spacial score (nSPS) is 26.7. The molecule has 1 aliphatic carbocycles. The van der Waals surface area contributed by atoms with Crippen molar-refractivity contribution in [2.75, 3.05) is 13.2 Å². The van der Waals surface area contributed by atoms with Gasteiger partial charge < -0.3 is 4.74 Å². The van der Waals surface area contributed by atoms with Crippen molar-refractivity contribution in [1.82, 2.24) is 4.72 Å². The number of benzene rings is 1. The molecule has 0 amide bonds. The van der Waals surface area contributed by atoms with E-state index in [4.69, 9.17) is 4.74 Å². The summed E-state index contributed by atoms with van der Waals surface area (Å²) in [6.45, 7) is 3.13. The minimum absolute atomic E-state index is 0.0395. The Balaban J connectivity index is 1.72. The molecule has 1 saturated heterocycles. The molecule has 0 spiro atoms. The van der Waals surface area contributed by atoms with Crippen LogP contribution in [-0.4, -0.2) is 32.9 Å². The van der Waals surface area contributed by atoms with E-state index in [0.29, 0.717) is 19.6 Å². The molecule has 0 radical (unpaired) electrons. The molecule has 1 saturated carbocycles. The summed E-state index contributed by atoms with van der Waals surface area (Å²) < 4.78 is 33.4. The van der Waals surface area contributed by atoms with Crippen LogP contribution in [0.4, 0.5) is 0 Å². The van der Waals surface area contributed by atoms with Crippen LogP contribution in [0.3, 0.4) is 0 Å². The minimum Gasteiger partial charge on any atom is -0.381 e. The fourth-order valence-corrected chi connectivity index (χ4v) is 4.89. The van der Waals surface area contributed by atoms with Gasteiger partial charge in [0.05, 0.1) is 11.9 Å². The molecule has 2 fully saturated rings. The van der Waals surface area contributed by atoms with E-state index in [9.17, 15) is 8.42 Å². The molecule has 1 aromatic rings. The SMILES string of the molecule is Cc1ccc(C[C@H]2COCC[C@@H]2S(=O)(=O)NC2CC2)cc1. The van der Waals surface area contributed by atoms with Gasteiger partial charge in [0.2, 0.25) is 10.0 Å². The van der Waals surface area contributed by atoms with Gasteiger partial charge >= 0.3 is 0 Å². The molecule has 21 heavy (non-hydrogen) atoms. The molecule has 3 rings (SSSR count). The number of sulfonamides is 1. The molecule has 0 bridgehead atoms. The maximum atomic E-state index is 12.5. The predicted molar refractivity (Wildman–Crippen MR) is 82.7 cm³/mol. The Kier molecular flexibility index (Phi) is 4.33. The van der Waals surface area contributed by atoms with Crippen LogP contribution in [-0.2, 0) is 21.2 Å². The Morgan fingerprint density at radius 1 is 1.19 bits per heavy atom. The zero-order valence-corrected chi connectivity index (χ0v) is 13.2. The highest BCUT2D eigenvalue weighted by atomic mass is 32.2.